The molecule has 6 rings (SSSR count). The van der Waals surface area contributed by atoms with Crippen LogP contribution in [0.5, 0.6) is 0 Å². The highest BCUT2D eigenvalue weighted by Crippen LogP contribution is 2.69. The maximum atomic E-state index is 13.7. The van der Waals surface area contributed by atoms with Crippen LogP contribution in [0.3, 0.4) is 0 Å². The second-order valence-electron chi connectivity index (χ2n) is 14.5. The van der Waals surface area contributed by atoms with Gasteiger partial charge in [-0.1, -0.05) is 20.8 Å². The van der Waals surface area contributed by atoms with Gasteiger partial charge in [0.05, 0.1) is 29.5 Å². The van der Waals surface area contributed by atoms with E-state index in [1.165, 1.54) is 0 Å². The number of aliphatic hydroxyl groups is 1. The fourth-order valence-electron chi connectivity index (χ4n) is 9.86. The Morgan fingerprint density at radius 2 is 1.63 bits per heavy atom. The van der Waals surface area contributed by atoms with Crippen LogP contribution in [0.25, 0.3) is 0 Å². The molecule has 3 saturated carbocycles. The number of allylic oxidation sites excluding steroid dienone is 1. The smallest absolute Gasteiger partial charge is 0.163 e. The van der Waals surface area contributed by atoms with E-state index < -0.39 is 11.4 Å². The maximum Gasteiger partial charge on any atom is 0.163 e. The first kappa shape index (κ1) is 24.6. The number of ether oxygens (including phenoxy) is 3. The van der Waals surface area contributed by atoms with Crippen LogP contribution < -0.4 is 0 Å². The molecular formula is C30H46O5. The van der Waals surface area contributed by atoms with Crippen LogP contribution in [-0.2, 0) is 19.0 Å². The predicted molar refractivity (Wildman–Crippen MR) is 134 cm³/mol. The normalized spacial score (nSPS) is 52.8. The highest BCUT2D eigenvalue weighted by atomic mass is 16.7. The van der Waals surface area contributed by atoms with Crippen molar-refractivity contribution < 1.29 is 24.1 Å². The summed E-state index contributed by atoms with van der Waals surface area (Å²) in [6.45, 7) is 15.3. The summed E-state index contributed by atoms with van der Waals surface area (Å²) in [6.07, 6.45) is 9.72. The molecular weight excluding hydrogens is 440 g/mol. The number of carbonyl (C=O) groups is 1. The standard InChI is InChI=1S/C30H46O5/c1-17(23-10-11-26(2,3)33-23)18-9-13-30(32)20-14-22(31)21-15-24-25(35-27(4,5)34-24)16-28(21,6)19(20)8-12-29(18,30)7/h14,17-19,21,23-25,32H,8-13,15-16H2,1-7H3/t17-,18+,19-,21-,23+,24+,25-,28+,29+,30+/m0/s1. The number of ketones is 1. The minimum absolute atomic E-state index is 0.00806. The Kier molecular flexibility index (Phi) is 5.21. The third-order valence-corrected chi connectivity index (χ3v) is 11.7. The fraction of sp³-hybridized carbons (Fsp3) is 0.900. The monoisotopic (exact) mass is 486 g/mol. The van der Waals surface area contributed by atoms with Crippen LogP contribution in [0.2, 0.25) is 0 Å². The van der Waals surface area contributed by atoms with E-state index >= 15 is 0 Å². The van der Waals surface area contributed by atoms with Gasteiger partial charge in [0.15, 0.2) is 11.6 Å². The first-order valence-corrected chi connectivity index (χ1v) is 14.2. The van der Waals surface area contributed by atoms with Crippen molar-refractivity contribution >= 4 is 5.78 Å². The summed E-state index contributed by atoms with van der Waals surface area (Å²) in [5.74, 6) is 0.586. The summed E-state index contributed by atoms with van der Waals surface area (Å²) in [4.78, 5) is 13.7. The van der Waals surface area contributed by atoms with Crippen LogP contribution in [-0.4, -0.2) is 46.2 Å². The molecule has 6 aliphatic rings. The van der Waals surface area contributed by atoms with E-state index in [0.717, 1.165) is 56.9 Å². The molecule has 35 heavy (non-hydrogen) atoms. The van der Waals surface area contributed by atoms with Gasteiger partial charge >= 0.3 is 0 Å². The molecule has 196 valence electrons. The average molecular weight is 487 g/mol. The molecule has 2 saturated heterocycles. The van der Waals surface area contributed by atoms with E-state index in [9.17, 15) is 9.90 Å². The number of fused-ring (bicyclic) bond motifs is 6. The molecule has 0 amide bonds. The van der Waals surface area contributed by atoms with Crippen LogP contribution >= 0.6 is 0 Å². The van der Waals surface area contributed by atoms with Gasteiger partial charge in [0.25, 0.3) is 0 Å². The zero-order chi connectivity index (χ0) is 25.2. The Hall–Kier alpha value is -0.750. The summed E-state index contributed by atoms with van der Waals surface area (Å²) >= 11 is 0. The number of hydrogen-bond acceptors (Lipinski definition) is 5. The lowest BCUT2D eigenvalue weighted by atomic mass is 9.46. The molecule has 10 atom stereocenters. The predicted octanol–water partition coefficient (Wildman–Crippen LogP) is 5.58. The van der Waals surface area contributed by atoms with Crippen molar-refractivity contribution in [2.24, 2.45) is 34.5 Å². The molecule has 2 heterocycles. The summed E-state index contributed by atoms with van der Waals surface area (Å²) in [7, 11) is 0. The first-order valence-electron chi connectivity index (χ1n) is 14.2. The van der Waals surface area contributed by atoms with Crippen molar-refractivity contribution in [3.63, 3.8) is 0 Å². The van der Waals surface area contributed by atoms with Crippen LogP contribution in [0, 0.1) is 34.5 Å². The molecule has 1 N–H and O–H groups in total. The molecule has 0 radical (unpaired) electrons. The Bertz CT molecular complexity index is 952. The molecule has 2 aliphatic heterocycles. The SMILES string of the molecule is C[C@@H]([C@H]1CC[C@@]2(O)C3=CC(=O)[C@@H]4C[C@H]5OC(C)(C)O[C@H]5C[C@]4(C)[C@H]3CC[C@]12C)[C@H]1CCC(C)(C)O1. The third-order valence-electron chi connectivity index (χ3n) is 11.7. The lowest BCUT2D eigenvalue weighted by Crippen LogP contribution is -2.60. The van der Waals surface area contributed by atoms with E-state index in [1.54, 1.807) is 0 Å². The lowest BCUT2D eigenvalue weighted by molar-refractivity contribution is -0.148. The quantitative estimate of drug-likeness (QED) is 0.552. The number of carbonyl (C=O) groups excluding carboxylic acids is 1. The van der Waals surface area contributed by atoms with E-state index in [4.69, 9.17) is 14.2 Å². The van der Waals surface area contributed by atoms with Gasteiger partial charge in [0.1, 0.15) is 0 Å². The fourth-order valence-corrected chi connectivity index (χ4v) is 9.86. The lowest BCUT2D eigenvalue weighted by Gasteiger charge is -2.60. The topological polar surface area (TPSA) is 65.0 Å². The Labute approximate surface area is 211 Å². The molecule has 0 aromatic rings. The van der Waals surface area contributed by atoms with Crippen molar-refractivity contribution in [1.29, 1.82) is 0 Å². The molecule has 0 spiro atoms. The van der Waals surface area contributed by atoms with Gasteiger partial charge in [-0.3, -0.25) is 4.79 Å². The molecule has 0 aromatic carbocycles. The van der Waals surface area contributed by atoms with Crippen molar-refractivity contribution in [3.05, 3.63) is 11.6 Å². The second-order valence-corrected chi connectivity index (χ2v) is 14.5. The van der Waals surface area contributed by atoms with Gasteiger partial charge in [-0.2, -0.15) is 0 Å². The van der Waals surface area contributed by atoms with E-state index in [0.29, 0.717) is 11.8 Å². The van der Waals surface area contributed by atoms with Crippen molar-refractivity contribution in [2.75, 3.05) is 0 Å². The van der Waals surface area contributed by atoms with Crippen molar-refractivity contribution in [2.45, 2.75) is 135 Å². The number of hydrogen-bond donors (Lipinski definition) is 1. The van der Waals surface area contributed by atoms with Gasteiger partial charge in [-0.25, -0.2) is 0 Å². The molecule has 5 fully saturated rings. The summed E-state index contributed by atoms with van der Waals surface area (Å²) < 4.78 is 19.0. The van der Waals surface area contributed by atoms with Gasteiger partial charge < -0.3 is 19.3 Å². The molecule has 0 bridgehead atoms. The van der Waals surface area contributed by atoms with Gasteiger partial charge in [-0.15, -0.1) is 0 Å². The largest absolute Gasteiger partial charge is 0.385 e. The van der Waals surface area contributed by atoms with E-state index in [2.05, 4.69) is 34.6 Å². The minimum Gasteiger partial charge on any atom is -0.385 e. The highest BCUT2D eigenvalue weighted by Gasteiger charge is 2.68. The summed E-state index contributed by atoms with van der Waals surface area (Å²) in [5.41, 5.74) is -0.330. The van der Waals surface area contributed by atoms with Crippen molar-refractivity contribution in [3.8, 4) is 0 Å². The first-order chi connectivity index (χ1) is 16.2. The van der Waals surface area contributed by atoms with Gasteiger partial charge in [0.2, 0.25) is 0 Å². The average Bonchev–Trinajstić information content (AvgIpc) is 3.35. The summed E-state index contributed by atoms with van der Waals surface area (Å²) in [6, 6.07) is 0. The zero-order valence-corrected chi connectivity index (χ0v) is 22.9. The van der Waals surface area contributed by atoms with Crippen LogP contribution in [0.4, 0.5) is 0 Å². The van der Waals surface area contributed by atoms with Crippen LogP contribution in [0.1, 0.15) is 99.8 Å². The van der Waals surface area contributed by atoms with Crippen LogP contribution in [0.15, 0.2) is 11.6 Å². The molecule has 0 unspecified atom stereocenters. The second kappa shape index (κ2) is 7.42. The van der Waals surface area contributed by atoms with E-state index in [1.807, 2.05) is 19.9 Å². The number of rotatable bonds is 2. The molecule has 4 aliphatic carbocycles. The Balaban J connectivity index is 1.31. The third kappa shape index (κ3) is 3.36. The van der Waals surface area contributed by atoms with Gasteiger partial charge in [0, 0.05) is 11.3 Å². The van der Waals surface area contributed by atoms with E-state index in [-0.39, 0.29) is 52.4 Å². The zero-order valence-electron chi connectivity index (χ0n) is 22.9. The Morgan fingerprint density at radius 1 is 0.914 bits per heavy atom. The van der Waals surface area contributed by atoms with Gasteiger partial charge in [-0.05, 0) is 114 Å². The highest BCUT2D eigenvalue weighted by molar-refractivity contribution is 5.95. The Morgan fingerprint density at radius 3 is 2.31 bits per heavy atom. The van der Waals surface area contributed by atoms with Crippen molar-refractivity contribution in [1.82, 2.24) is 0 Å². The minimum atomic E-state index is -0.907. The molecule has 0 aromatic heterocycles. The molecule has 5 heteroatoms. The maximum absolute atomic E-state index is 13.7. The summed E-state index contributed by atoms with van der Waals surface area (Å²) in [5, 5.41) is 12.5. The molecule has 5 nitrogen and oxygen atoms in total.